The van der Waals surface area contributed by atoms with Crippen LogP contribution in [0.3, 0.4) is 0 Å². The Labute approximate surface area is 98.2 Å². The van der Waals surface area contributed by atoms with E-state index in [1.165, 1.54) is 11.1 Å². The molecule has 2 heterocycles. The lowest BCUT2D eigenvalue weighted by molar-refractivity contribution is -0.125. The summed E-state index contributed by atoms with van der Waals surface area (Å²) in [6.45, 7) is 2.27. The van der Waals surface area contributed by atoms with Crippen LogP contribution in [0.4, 0.5) is 0 Å². The molecule has 0 N–H and O–H groups in total. The number of hydrogen-bond donors (Lipinski definition) is 0. The van der Waals surface area contributed by atoms with E-state index >= 15 is 0 Å². The van der Waals surface area contributed by atoms with Gasteiger partial charge in [0, 0.05) is 24.9 Å². The number of likely N-dealkylation sites (tertiary alicyclic amines) is 1. The summed E-state index contributed by atoms with van der Waals surface area (Å²) < 4.78 is 0. The van der Waals surface area contributed by atoms with Crippen LogP contribution >= 0.6 is 11.6 Å². The third-order valence-electron chi connectivity index (χ3n) is 2.54. The minimum atomic E-state index is -0.347. The van der Waals surface area contributed by atoms with Crippen LogP contribution < -0.4 is 0 Å². The van der Waals surface area contributed by atoms with E-state index < -0.39 is 0 Å². The predicted molar refractivity (Wildman–Crippen MR) is 59.3 cm³/mol. The van der Waals surface area contributed by atoms with Crippen molar-refractivity contribution >= 4 is 23.4 Å². The molecule has 0 atom stereocenters. The number of carbonyl (C=O) groups is 2. The molecule has 0 spiro atoms. The highest BCUT2D eigenvalue weighted by atomic mass is 35.5. The van der Waals surface area contributed by atoms with Gasteiger partial charge in [-0.25, -0.2) is 0 Å². The number of aromatic nitrogens is 1. The average Bonchev–Trinajstić information content (AvgIpc) is 2.63. The molecule has 1 aliphatic rings. The largest absolute Gasteiger partial charge is 0.278 e. The first kappa shape index (κ1) is 11.1. The number of rotatable bonds is 1. The third-order valence-corrected chi connectivity index (χ3v) is 2.85. The quantitative estimate of drug-likeness (QED) is 0.701. The fraction of sp³-hybridized carbons (Fsp3) is 0.364. The van der Waals surface area contributed by atoms with E-state index in [0.29, 0.717) is 23.6 Å². The lowest BCUT2D eigenvalue weighted by Crippen LogP contribution is -2.32. The summed E-state index contributed by atoms with van der Waals surface area (Å²) >= 11 is 5.95. The highest BCUT2D eigenvalue weighted by Gasteiger charge is 2.28. The summed E-state index contributed by atoms with van der Waals surface area (Å²) in [6.07, 6.45) is 2.58. The van der Waals surface area contributed by atoms with Crippen LogP contribution in [0, 0.1) is 6.92 Å². The summed E-state index contributed by atoms with van der Waals surface area (Å²) in [6, 6.07) is 1.62. The molecule has 1 aromatic rings. The highest BCUT2D eigenvalue weighted by molar-refractivity contribution is 6.34. The molecule has 16 heavy (non-hydrogen) atoms. The second kappa shape index (κ2) is 4.22. The van der Waals surface area contributed by atoms with Gasteiger partial charge in [-0.3, -0.25) is 19.5 Å². The normalized spacial score (nSPS) is 15.6. The van der Waals surface area contributed by atoms with E-state index in [4.69, 9.17) is 11.6 Å². The molecule has 1 aliphatic heterocycles. The summed E-state index contributed by atoms with van der Waals surface area (Å²) in [5.74, 6) is -0.485. The van der Waals surface area contributed by atoms with Crippen molar-refractivity contribution in [2.24, 2.45) is 0 Å². The summed E-state index contributed by atoms with van der Waals surface area (Å²) in [5.41, 5.74) is 1.04. The molecule has 0 aliphatic carbocycles. The Balaban J connectivity index is 2.30. The molecule has 0 saturated carbocycles. The number of halogens is 1. The lowest BCUT2D eigenvalue weighted by atomic mass is 10.2. The van der Waals surface area contributed by atoms with Crippen molar-refractivity contribution in [2.75, 3.05) is 6.54 Å². The Morgan fingerprint density at radius 3 is 2.88 bits per heavy atom. The number of pyridine rings is 1. The predicted octanol–water partition coefficient (Wildman–Crippen LogP) is 1.81. The van der Waals surface area contributed by atoms with Crippen molar-refractivity contribution in [1.29, 1.82) is 0 Å². The molecule has 4 nitrogen and oxygen atoms in total. The van der Waals surface area contributed by atoms with Crippen molar-refractivity contribution in [3.63, 3.8) is 0 Å². The molecule has 2 rings (SSSR count). The zero-order valence-electron chi connectivity index (χ0n) is 8.86. The van der Waals surface area contributed by atoms with E-state index in [9.17, 15) is 9.59 Å². The second-order valence-corrected chi connectivity index (χ2v) is 4.17. The Kier molecular flexibility index (Phi) is 2.92. The number of hydrogen-bond acceptors (Lipinski definition) is 3. The zero-order valence-corrected chi connectivity index (χ0v) is 9.62. The van der Waals surface area contributed by atoms with E-state index in [1.807, 2.05) is 0 Å². The zero-order chi connectivity index (χ0) is 11.7. The van der Waals surface area contributed by atoms with Crippen molar-refractivity contribution in [2.45, 2.75) is 19.8 Å². The molecule has 1 saturated heterocycles. The van der Waals surface area contributed by atoms with E-state index in [0.717, 1.165) is 12.1 Å². The van der Waals surface area contributed by atoms with Crippen LogP contribution in [-0.2, 0) is 4.79 Å². The average molecular weight is 239 g/mol. The van der Waals surface area contributed by atoms with Crippen LogP contribution in [-0.4, -0.2) is 28.2 Å². The molecule has 84 valence electrons. The van der Waals surface area contributed by atoms with Crippen LogP contribution in [0.1, 0.15) is 28.9 Å². The van der Waals surface area contributed by atoms with Crippen LogP contribution in [0.2, 0.25) is 5.02 Å². The monoisotopic (exact) mass is 238 g/mol. The van der Waals surface area contributed by atoms with Crippen LogP contribution in [0.5, 0.6) is 0 Å². The fourth-order valence-corrected chi connectivity index (χ4v) is 1.98. The molecule has 0 unspecified atom stereocenters. The number of carbonyl (C=O) groups excluding carboxylic acids is 2. The van der Waals surface area contributed by atoms with Crippen molar-refractivity contribution < 1.29 is 9.59 Å². The van der Waals surface area contributed by atoms with Crippen LogP contribution in [0.25, 0.3) is 0 Å². The van der Waals surface area contributed by atoms with Gasteiger partial charge in [0.2, 0.25) is 5.91 Å². The summed E-state index contributed by atoms with van der Waals surface area (Å²) in [7, 11) is 0. The Hall–Kier alpha value is -1.42. The van der Waals surface area contributed by atoms with Gasteiger partial charge in [0.05, 0.1) is 10.6 Å². The van der Waals surface area contributed by atoms with E-state index in [2.05, 4.69) is 4.98 Å². The molecule has 0 aromatic carbocycles. The standard InChI is InChI=1S/C11H11ClN2O2/c1-7-5-9(12)8(6-13-7)11(16)14-4-2-3-10(14)15/h5-6H,2-4H2,1H3. The molecular formula is C11H11ClN2O2. The first-order chi connectivity index (χ1) is 7.59. The topological polar surface area (TPSA) is 50.3 Å². The van der Waals surface area contributed by atoms with Gasteiger partial charge in [-0.15, -0.1) is 0 Å². The van der Waals surface area contributed by atoms with Gasteiger partial charge in [-0.1, -0.05) is 11.6 Å². The van der Waals surface area contributed by atoms with Crippen molar-refractivity contribution in [3.8, 4) is 0 Å². The van der Waals surface area contributed by atoms with Crippen molar-refractivity contribution in [3.05, 3.63) is 28.5 Å². The van der Waals surface area contributed by atoms with Gasteiger partial charge in [0.1, 0.15) is 0 Å². The molecule has 2 amide bonds. The number of aryl methyl sites for hydroxylation is 1. The summed E-state index contributed by atoms with van der Waals surface area (Å²) in [4.78, 5) is 28.6. The number of nitrogens with zero attached hydrogens (tertiary/aromatic N) is 2. The molecule has 5 heteroatoms. The molecule has 0 bridgehead atoms. The lowest BCUT2D eigenvalue weighted by Gasteiger charge is -2.14. The van der Waals surface area contributed by atoms with Gasteiger partial charge >= 0.3 is 0 Å². The smallest absolute Gasteiger partial charge is 0.263 e. The minimum Gasteiger partial charge on any atom is -0.278 e. The Bertz CT molecular complexity index is 459. The first-order valence-corrected chi connectivity index (χ1v) is 5.44. The molecule has 1 aromatic heterocycles. The first-order valence-electron chi connectivity index (χ1n) is 5.06. The van der Waals surface area contributed by atoms with Gasteiger partial charge < -0.3 is 0 Å². The van der Waals surface area contributed by atoms with E-state index in [1.54, 1.807) is 13.0 Å². The maximum Gasteiger partial charge on any atom is 0.263 e. The van der Waals surface area contributed by atoms with Gasteiger partial charge in [-0.05, 0) is 19.4 Å². The van der Waals surface area contributed by atoms with E-state index in [-0.39, 0.29) is 11.8 Å². The SMILES string of the molecule is Cc1cc(Cl)c(C(=O)N2CCCC2=O)cn1. The molecule has 0 radical (unpaired) electrons. The number of amides is 2. The number of imide groups is 1. The fourth-order valence-electron chi connectivity index (χ4n) is 1.69. The minimum absolute atomic E-state index is 0.137. The molecule has 1 fully saturated rings. The van der Waals surface area contributed by atoms with Crippen LogP contribution in [0.15, 0.2) is 12.3 Å². The van der Waals surface area contributed by atoms with Gasteiger partial charge in [0.15, 0.2) is 0 Å². The second-order valence-electron chi connectivity index (χ2n) is 3.76. The van der Waals surface area contributed by atoms with Crippen molar-refractivity contribution in [1.82, 2.24) is 9.88 Å². The maximum atomic E-state index is 12.0. The third kappa shape index (κ3) is 1.93. The Morgan fingerprint density at radius 1 is 1.56 bits per heavy atom. The Morgan fingerprint density at radius 2 is 2.31 bits per heavy atom. The van der Waals surface area contributed by atoms with Gasteiger partial charge in [0.25, 0.3) is 5.91 Å². The van der Waals surface area contributed by atoms with Gasteiger partial charge in [-0.2, -0.15) is 0 Å². The molecular weight excluding hydrogens is 228 g/mol. The maximum absolute atomic E-state index is 12.0. The highest BCUT2D eigenvalue weighted by Crippen LogP contribution is 2.20. The summed E-state index contributed by atoms with van der Waals surface area (Å²) in [5, 5.41) is 0.345.